The third-order valence-electron chi connectivity index (χ3n) is 2.13. The second kappa shape index (κ2) is 4.97. The number of hydrogen-bond acceptors (Lipinski definition) is 0. The molecule has 0 aliphatic rings. The molecule has 0 aromatic heterocycles. The third-order valence-corrected chi connectivity index (χ3v) is 2.78. The van der Waals surface area contributed by atoms with Gasteiger partial charge in [0.25, 0.3) is 0 Å². The second-order valence-corrected chi connectivity index (χ2v) is 6.35. The van der Waals surface area contributed by atoms with Crippen LogP contribution in [0.5, 0.6) is 0 Å². The van der Waals surface area contributed by atoms with Crippen molar-refractivity contribution in [2.45, 2.75) is 38.4 Å². The summed E-state index contributed by atoms with van der Waals surface area (Å²) in [7, 11) is 0. The van der Waals surface area contributed by atoms with E-state index in [0.717, 1.165) is 6.42 Å². The van der Waals surface area contributed by atoms with Crippen molar-refractivity contribution in [2.24, 2.45) is 5.41 Å². The predicted molar refractivity (Wildman–Crippen MR) is 66.9 cm³/mol. The molecule has 1 heteroatoms. The zero-order chi connectivity index (χ0) is 10.6. The van der Waals surface area contributed by atoms with Gasteiger partial charge in [-0.25, -0.2) is 0 Å². The van der Waals surface area contributed by atoms with E-state index in [1.807, 2.05) is 0 Å². The standard InChI is InChI=1S/C13H19Br/c1-13(2,3)10-12(14)9-11-7-5-4-6-8-11/h4-8,12H,9-10H2,1-3H3. The lowest BCUT2D eigenvalue weighted by Gasteiger charge is -2.22. The van der Waals surface area contributed by atoms with E-state index in [-0.39, 0.29) is 0 Å². The van der Waals surface area contributed by atoms with Crippen LogP contribution < -0.4 is 0 Å². The summed E-state index contributed by atoms with van der Waals surface area (Å²) in [6, 6.07) is 10.7. The van der Waals surface area contributed by atoms with Crippen molar-refractivity contribution in [3.8, 4) is 0 Å². The summed E-state index contributed by atoms with van der Waals surface area (Å²) in [5, 5.41) is 0. The molecule has 1 unspecified atom stereocenters. The normalized spacial score (nSPS) is 14.0. The Balaban J connectivity index is 2.46. The molecular formula is C13H19Br. The largest absolute Gasteiger partial charge is 0.0887 e. The van der Waals surface area contributed by atoms with Gasteiger partial charge in [-0.2, -0.15) is 0 Å². The average molecular weight is 255 g/mol. The molecule has 0 radical (unpaired) electrons. The molecular weight excluding hydrogens is 236 g/mol. The van der Waals surface area contributed by atoms with Crippen LogP contribution in [0.4, 0.5) is 0 Å². The Bertz CT molecular complexity index is 258. The van der Waals surface area contributed by atoms with E-state index in [9.17, 15) is 0 Å². The summed E-state index contributed by atoms with van der Waals surface area (Å²) in [6.45, 7) is 6.85. The summed E-state index contributed by atoms with van der Waals surface area (Å²) in [6.07, 6.45) is 2.33. The first-order valence-electron chi connectivity index (χ1n) is 5.15. The van der Waals surface area contributed by atoms with Crippen molar-refractivity contribution in [1.29, 1.82) is 0 Å². The Kier molecular flexibility index (Phi) is 4.18. The van der Waals surface area contributed by atoms with Gasteiger partial charge >= 0.3 is 0 Å². The highest BCUT2D eigenvalue weighted by molar-refractivity contribution is 9.09. The summed E-state index contributed by atoms with van der Waals surface area (Å²) < 4.78 is 0. The summed E-state index contributed by atoms with van der Waals surface area (Å²) in [5.41, 5.74) is 1.82. The van der Waals surface area contributed by atoms with Gasteiger partial charge in [0.1, 0.15) is 0 Å². The molecule has 78 valence electrons. The fourth-order valence-electron chi connectivity index (χ4n) is 1.61. The van der Waals surface area contributed by atoms with Crippen molar-refractivity contribution in [3.05, 3.63) is 35.9 Å². The predicted octanol–water partition coefficient (Wildman–Crippen LogP) is 4.43. The molecule has 14 heavy (non-hydrogen) atoms. The second-order valence-electron chi connectivity index (χ2n) is 5.05. The van der Waals surface area contributed by atoms with E-state index in [1.54, 1.807) is 0 Å². The first-order chi connectivity index (χ1) is 6.47. The van der Waals surface area contributed by atoms with Crippen molar-refractivity contribution in [3.63, 3.8) is 0 Å². The topological polar surface area (TPSA) is 0 Å². The molecule has 1 atom stereocenters. The van der Waals surface area contributed by atoms with Gasteiger partial charge in [-0.05, 0) is 23.8 Å². The van der Waals surface area contributed by atoms with Crippen LogP contribution in [0, 0.1) is 5.41 Å². The first kappa shape index (κ1) is 11.8. The Morgan fingerprint density at radius 3 is 2.21 bits per heavy atom. The van der Waals surface area contributed by atoms with Crippen LogP contribution in [0.25, 0.3) is 0 Å². The molecule has 0 bridgehead atoms. The molecule has 0 fully saturated rings. The van der Waals surface area contributed by atoms with Gasteiger partial charge in [-0.1, -0.05) is 67.0 Å². The van der Waals surface area contributed by atoms with Gasteiger partial charge in [0, 0.05) is 4.83 Å². The number of hydrogen-bond donors (Lipinski definition) is 0. The lowest BCUT2D eigenvalue weighted by molar-refractivity contribution is 0.373. The number of alkyl halides is 1. The van der Waals surface area contributed by atoms with Crippen molar-refractivity contribution in [1.82, 2.24) is 0 Å². The fourth-order valence-corrected chi connectivity index (χ4v) is 2.95. The van der Waals surface area contributed by atoms with Gasteiger partial charge < -0.3 is 0 Å². The molecule has 1 rings (SSSR count). The molecule has 0 aliphatic carbocycles. The maximum absolute atomic E-state index is 3.75. The molecule has 1 aromatic rings. The van der Waals surface area contributed by atoms with Gasteiger partial charge in [0.15, 0.2) is 0 Å². The van der Waals surface area contributed by atoms with Crippen LogP contribution in [0.3, 0.4) is 0 Å². The van der Waals surface area contributed by atoms with Crippen LogP contribution in [0.15, 0.2) is 30.3 Å². The molecule has 0 heterocycles. The zero-order valence-corrected chi connectivity index (χ0v) is 10.8. The minimum atomic E-state index is 0.406. The average Bonchev–Trinajstić information content (AvgIpc) is 2.02. The Morgan fingerprint density at radius 2 is 1.71 bits per heavy atom. The lowest BCUT2D eigenvalue weighted by atomic mass is 9.89. The van der Waals surface area contributed by atoms with Crippen LogP contribution in [0.1, 0.15) is 32.8 Å². The minimum Gasteiger partial charge on any atom is -0.0887 e. The Morgan fingerprint density at radius 1 is 1.14 bits per heavy atom. The molecule has 0 saturated heterocycles. The molecule has 0 aliphatic heterocycles. The van der Waals surface area contributed by atoms with E-state index >= 15 is 0 Å². The lowest BCUT2D eigenvalue weighted by Crippen LogP contribution is -2.14. The quantitative estimate of drug-likeness (QED) is 0.701. The fraction of sp³-hybridized carbons (Fsp3) is 0.538. The van der Waals surface area contributed by atoms with Crippen LogP contribution in [0.2, 0.25) is 0 Å². The van der Waals surface area contributed by atoms with Gasteiger partial charge in [-0.3, -0.25) is 0 Å². The van der Waals surface area contributed by atoms with E-state index in [2.05, 4.69) is 67.0 Å². The zero-order valence-electron chi connectivity index (χ0n) is 9.26. The summed E-state index contributed by atoms with van der Waals surface area (Å²) in [5.74, 6) is 0. The highest BCUT2D eigenvalue weighted by Crippen LogP contribution is 2.26. The van der Waals surface area contributed by atoms with Gasteiger partial charge in [0.2, 0.25) is 0 Å². The summed E-state index contributed by atoms with van der Waals surface area (Å²) in [4.78, 5) is 0.588. The summed E-state index contributed by atoms with van der Waals surface area (Å²) >= 11 is 3.75. The number of halogens is 1. The third kappa shape index (κ3) is 4.80. The van der Waals surface area contributed by atoms with Crippen LogP contribution in [-0.4, -0.2) is 4.83 Å². The highest BCUT2D eigenvalue weighted by atomic mass is 79.9. The molecule has 0 N–H and O–H groups in total. The Labute approximate surface area is 95.9 Å². The van der Waals surface area contributed by atoms with Crippen molar-refractivity contribution >= 4 is 15.9 Å². The highest BCUT2D eigenvalue weighted by Gasteiger charge is 2.16. The molecule has 1 aromatic carbocycles. The first-order valence-corrected chi connectivity index (χ1v) is 6.07. The molecule has 0 amide bonds. The SMILES string of the molecule is CC(C)(C)CC(Br)Cc1ccccc1. The number of benzene rings is 1. The van der Waals surface area contributed by atoms with Crippen LogP contribution >= 0.6 is 15.9 Å². The van der Waals surface area contributed by atoms with E-state index < -0.39 is 0 Å². The van der Waals surface area contributed by atoms with E-state index in [0.29, 0.717) is 10.2 Å². The maximum atomic E-state index is 3.75. The van der Waals surface area contributed by atoms with E-state index in [4.69, 9.17) is 0 Å². The smallest absolute Gasteiger partial charge is 0.0191 e. The number of rotatable bonds is 3. The van der Waals surface area contributed by atoms with Gasteiger partial charge in [0.05, 0.1) is 0 Å². The molecule has 0 nitrogen and oxygen atoms in total. The maximum Gasteiger partial charge on any atom is 0.0191 e. The van der Waals surface area contributed by atoms with Gasteiger partial charge in [-0.15, -0.1) is 0 Å². The Hall–Kier alpha value is -0.300. The monoisotopic (exact) mass is 254 g/mol. The van der Waals surface area contributed by atoms with Crippen molar-refractivity contribution < 1.29 is 0 Å². The molecule has 0 saturated carbocycles. The van der Waals surface area contributed by atoms with E-state index in [1.165, 1.54) is 12.0 Å². The van der Waals surface area contributed by atoms with Crippen molar-refractivity contribution in [2.75, 3.05) is 0 Å². The minimum absolute atomic E-state index is 0.406. The molecule has 0 spiro atoms. The van der Waals surface area contributed by atoms with Crippen LogP contribution in [-0.2, 0) is 6.42 Å².